The Morgan fingerprint density at radius 2 is 2.00 bits per heavy atom. The molecule has 1 aliphatic rings. The largest absolute Gasteiger partial charge is 0.375 e. The Hall–Kier alpha value is -1.67. The van der Waals surface area contributed by atoms with Crippen molar-refractivity contribution in [2.24, 2.45) is 0 Å². The topological polar surface area (TPSA) is 63.0 Å². The zero-order valence-electron chi connectivity index (χ0n) is 14.1. The van der Waals surface area contributed by atoms with E-state index < -0.39 is 0 Å². The molecule has 3 rings (SSSR count). The second-order valence-corrected chi connectivity index (χ2v) is 7.72. The Labute approximate surface area is 139 Å². The molecule has 1 fully saturated rings. The quantitative estimate of drug-likeness (QED) is 0.847. The third-order valence-electron chi connectivity index (χ3n) is 3.97. The number of fused-ring (bicyclic) bond motifs is 1. The molecule has 0 aromatic carbocycles. The van der Waals surface area contributed by atoms with Gasteiger partial charge in [0.2, 0.25) is 16.0 Å². The Bertz CT molecular complexity index is 663. The molecule has 0 saturated carbocycles. The molecule has 0 aliphatic carbocycles. The second kappa shape index (κ2) is 6.09. The van der Waals surface area contributed by atoms with E-state index >= 15 is 0 Å². The molecule has 1 saturated heterocycles. The van der Waals surface area contributed by atoms with E-state index in [1.807, 2.05) is 15.6 Å². The monoisotopic (exact) mass is 337 g/mol. The van der Waals surface area contributed by atoms with Gasteiger partial charge in [-0.3, -0.25) is 4.79 Å². The van der Waals surface area contributed by atoms with Crippen LogP contribution in [-0.4, -0.2) is 65.3 Å². The third kappa shape index (κ3) is 3.32. The summed E-state index contributed by atoms with van der Waals surface area (Å²) < 4.78 is 6.77. The average Bonchev–Trinajstić information content (AvgIpc) is 3.05. The summed E-state index contributed by atoms with van der Waals surface area (Å²) in [7, 11) is 1.55. The highest BCUT2D eigenvalue weighted by atomic mass is 32.1. The van der Waals surface area contributed by atoms with Crippen molar-refractivity contribution in [1.82, 2.24) is 19.5 Å². The normalized spacial score (nSPS) is 16.3. The first-order chi connectivity index (χ1) is 10.9. The van der Waals surface area contributed by atoms with Crippen molar-refractivity contribution in [3.63, 3.8) is 0 Å². The Morgan fingerprint density at radius 3 is 2.57 bits per heavy atom. The van der Waals surface area contributed by atoms with Crippen LogP contribution in [0.3, 0.4) is 0 Å². The number of methoxy groups -OCH3 is 1. The molecule has 23 heavy (non-hydrogen) atoms. The molecule has 0 atom stereocenters. The molecule has 7 nitrogen and oxygen atoms in total. The number of amides is 1. The Morgan fingerprint density at radius 1 is 1.30 bits per heavy atom. The van der Waals surface area contributed by atoms with Crippen molar-refractivity contribution in [3.05, 3.63) is 11.9 Å². The van der Waals surface area contributed by atoms with Crippen LogP contribution >= 0.6 is 11.3 Å². The summed E-state index contributed by atoms with van der Waals surface area (Å²) in [5, 5.41) is 5.61. The predicted octanol–water partition coefficient (Wildman–Crippen LogP) is 1.38. The molecule has 0 unspecified atom stereocenters. The minimum absolute atomic E-state index is 0.0287. The number of carbonyl (C=O) groups excluding carboxylic acids is 1. The number of anilines is 1. The summed E-state index contributed by atoms with van der Waals surface area (Å²) >= 11 is 1.60. The maximum atomic E-state index is 11.8. The highest BCUT2D eigenvalue weighted by Gasteiger charge is 2.24. The van der Waals surface area contributed by atoms with Gasteiger partial charge in [-0.2, -0.15) is 0 Å². The summed E-state index contributed by atoms with van der Waals surface area (Å²) in [6.45, 7) is 9.59. The summed E-state index contributed by atoms with van der Waals surface area (Å²) in [6.07, 6.45) is 2.01. The van der Waals surface area contributed by atoms with Gasteiger partial charge >= 0.3 is 0 Å². The van der Waals surface area contributed by atoms with Gasteiger partial charge in [0, 0.05) is 38.7 Å². The van der Waals surface area contributed by atoms with Gasteiger partial charge < -0.3 is 14.5 Å². The predicted molar refractivity (Wildman–Crippen MR) is 90.2 cm³/mol. The fraction of sp³-hybridized carbons (Fsp3) is 0.667. The molecular weight excluding hydrogens is 314 g/mol. The molecule has 2 aromatic heterocycles. The van der Waals surface area contributed by atoms with Crippen molar-refractivity contribution >= 4 is 27.3 Å². The van der Waals surface area contributed by atoms with Crippen LogP contribution in [0.15, 0.2) is 6.20 Å². The number of imidazole rings is 1. The van der Waals surface area contributed by atoms with Gasteiger partial charge in [0.1, 0.15) is 6.61 Å². The van der Waals surface area contributed by atoms with Gasteiger partial charge in [-0.1, -0.05) is 32.1 Å². The zero-order valence-corrected chi connectivity index (χ0v) is 14.9. The Balaban J connectivity index is 1.68. The lowest BCUT2D eigenvalue weighted by atomic mass is 9.93. The molecule has 126 valence electrons. The van der Waals surface area contributed by atoms with E-state index in [1.54, 1.807) is 18.4 Å². The molecule has 0 radical (unpaired) electrons. The molecule has 8 heteroatoms. The highest BCUT2D eigenvalue weighted by Crippen LogP contribution is 2.28. The SMILES string of the molecule is COCC(=O)N1CCN(c2nn3cc(C(C)(C)C)nc3s2)CC1. The summed E-state index contributed by atoms with van der Waals surface area (Å²) in [5.41, 5.74) is 1.08. The van der Waals surface area contributed by atoms with Crippen molar-refractivity contribution < 1.29 is 9.53 Å². The van der Waals surface area contributed by atoms with Crippen LogP contribution in [0.2, 0.25) is 0 Å². The number of piperazine rings is 1. The fourth-order valence-corrected chi connectivity index (χ4v) is 3.48. The minimum Gasteiger partial charge on any atom is -0.375 e. The van der Waals surface area contributed by atoms with Gasteiger partial charge in [-0.05, 0) is 0 Å². The standard InChI is InChI=1S/C15H23N5O2S/c1-15(2,3)11-9-20-13(16-11)23-14(17-20)19-7-5-18(6-8-19)12(21)10-22-4/h9H,5-8,10H2,1-4H3. The number of hydrogen-bond acceptors (Lipinski definition) is 6. The fourth-order valence-electron chi connectivity index (χ4n) is 2.54. The number of aromatic nitrogens is 3. The van der Waals surface area contributed by atoms with E-state index in [-0.39, 0.29) is 17.9 Å². The number of rotatable bonds is 3. The van der Waals surface area contributed by atoms with E-state index in [2.05, 4.69) is 35.8 Å². The lowest BCUT2D eigenvalue weighted by molar-refractivity contribution is -0.135. The number of ether oxygens (including phenoxy) is 1. The van der Waals surface area contributed by atoms with Crippen molar-refractivity contribution in [3.8, 4) is 0 Å². The van der Waals surface area contributed by atoms with Crippen LogP contribution in [0, 0.1) is 0 Å². The molecule has 2 aromatic rings. The van der Waals surface area contributed by atoms with Crippen molar-refractivity contribution in [1.29, 1.82) is 0 Å². The third-order valence-corrected chi connectivity index (χ3v) is 4.95. The van der Waals surface area contributed by atoms with E-state index in [0.717, 1.165) is 28.9 Å². The van der Waals surface area contributed by atoms with Gasteiger partial charge in [0.25, 0.3) is 0 Å². The smallest absolute Gasteiger partial charge is 0.248 e. The van der Waals surface area contributed by atoms with E-state index in [4.69, 9.17) is 4.74 Å². The van der Waals surface area contributed by atoms with Gasteiger partial charge in [0.15, 0.2) is 0 Å². The molecule has 3 heterocycles. The van der Waals surface area contributed by atoms with Gasteiger partial charge in [-0.25, -0.2) is 9.50 Å². The van der Waals surface area contributed by atoms with E-state index in [0.29, 0.717) is 13.1 Å². The first-order valence-electron chi connectivity index (χ1n) is 7.77. The molecule has 1 aliphatic heterocycles. The number of nitrogens with zero attached hydrogens (tertiary/aromatic N) is 5. The van der Waals surface area contributed by atoms with E-state index in [9.17, 15) is 4.79 Å². The second-order valence-electron chi connectivity index (χ2n) is 6.79. The zero-order chi connectivity index (χ0) is 16.6. The van der Waals surface area contributed by atoms with Crippen LogP contribution in [0.4, 0.5) is 5.13 Å². The lowest BCUT2D eigenvalue weighted by Crippen LogP contribution is -2.49. The summed E-state index contributed by atoms with van der Waals surface area (Å²) in [5.74, 6) is 0.0518. The lowest BCUT2D eigenvalue weighted by Gasteiger charge is -2.34. The van der Waals surface area contributed by atoms with Gasteiger partial charge in [0.05, 0.1) is 11.9 Å². The van der Waals surface area contributed by atoms with E-state index in [1.165, 1.54) is 0 Å². The maximum absolute atomic E-state index is 11.8. The number of hydrogen-bond donors (Lipinski definition) is 0. The summed E-state index contributed by atoms with van der Waals surface area (Å²) in [4.78, 5) is 21.5. The first-order valence-corrected chi connectivity index (χ1v) is 8.58. The van der Waals surface area contributed by atoms with Gasteiger partial charge in [-0.15, -0.1) is 5.10 Å². The van der Waals surface area contributed by atoms with Crippen LogP contribution < -0.4 is 4.90 Å². The molecular formula is C15H23N5O2S. The molecule has 0 spiro atoms. The van der Waals surface area contributed by atoms with Crippen molar-refractivity contribution in [2.75, 3.05) is 44.8 Å². The molecule has 0 N–H and O–H groups in total. The van der Waals surface area contributed by atoms with Crippen LogP contribution in [-0.2, 0) is 14.9 Å². The minimum atomic E-state index is 0.0287. The van der Waals surface area contributed by atoms with Crippen LogP contribution in [0.5, 0.6) is 0 Å². The van der Waals surface area contributed by atoms with Crippen molar-refractivity contribution in [2.45, 2.75) is 26.2 Å². The highest BCUT2D eigenvalue weighted by molar-refractivity contribution is 7.20. The average molecular weight is 337 g/mol. The summed E-state index contributed by atoms with van der Waals surface area (Å²) in [6, 6.07) is 0. The maximum Gasteiger partial charge on any atom is 0.248 e. The first kappa shape index (κ1) is 16.2. The Kier molecular flexibility index (Phi) is 4.29. The molecule has 1 amide bonds. The van der Waals surface area contributed by atoms with Crippen LogP contribution in [0.25, 0.3) is 4.96 Å². The van der Waals surface area contributed by atoms with Crippen LogP contribution in [0.1, 0.15) is 26.5 Å². The number of carbonyl (C=O) groups is 1. The molecule has 0 bridgehead atoms.